The summed E-state index contributed by atoms with van der Waals surface area (Å²) in [6, 6.07) is 0. The van der Waals surface area contributed by atoms with Crippen molar-refractivity contribution >= 4 is 0 Å². The van der Waals surface area contributed by atoms with Gasteiger partial charge in [-0.2, -0.15) is 0 Å². The predicted molar refractivity (Wildman–Crippen MR) is 58.4 cm³/mol. The molecule has 0 unspecified atom stereocenters. The molecule has 1 heteroatoms. The Kier molecular flexibility index (Phi) is 3.81. The molecule has 0 fully saturated rings. The molecule has 1 aliphatic rings. The summed E-state index contributed by atoms with van der Waals surface area (Å²) in [6.07, 6.45) is 9.85. The van der Waals surface area contributed by atoms with Crippen LogP contribution in [0.4, 0.5) is 0 Å². The average molecular weight is 177 g/mol. The smallest absolute Gasteiger partial charge is 0.0372 e. The van der Waals surface area contributed by atoms with Crippen LogP contribution in [0.2, 0.25) is 0 Å². The van der Waals surface area contributed by atoms with Crippen LogP contribution in [-0.2, 0) is 0 Å². The number of likely N-dealkylation sites (N-methyl/N-ethyl adjacent to an activating group) is 1. The van der Waals surface area contributed by atoms with E-state index in [4.69, 9.17) is 0 Å². The fraction of sp³-hybridized carbons (Fsp3) is 0.500. The Labute approximate surface area is 81.2 Å². The van der Waals surface area contributed by atoms with E-state index in [9.17, 15) is 0 Å². The van der Waals surface area contributed by atoms with Crippen LogP contribution in [0.25, 0.3) is 0 Å². The van der Waals surface area contributed by atoms with Crippen LogP contribution in [-0.4, -0.2) is 6.54 Å². The zero-order valence-corrected chi connectivity index (χ0v) is 8.80. The van der Waals surface area contributed by atoms with Crippen LogP contribution in [0.1, 0.15) is 27.2 Å². The monoisotopic (exact) mass is 177 g/mol. The van der Waals surface area contributed by atoms with E-state index in [0.29, 0.717) is 5.92 Å². The number of nitrogens with one attached hydrogen (secondary N) is 1. The van der Waals surface area contributed by atoms with Gasteiger partial charge >= 0.3 is 0 Å². The Balaban J connectivity index is 2.83. The maximum absolute atomic E-state index is 3.40. The lowest BCUT2D eigenvalue weighted by molar-refractivity contribution is 0.733. The van der Waals surface area contributed by atoms with Crippen molar-refractivity contribution < 1.29 is 0 Å². The molecule has 0 amide bonds. The van der Waals surface area contributed by atoms with Crippen molar-refractivity contribution in [3.8, 4) is 0 Å². The Bertz CT molecular complexity index is 244. The van der Waals surface area contributed by atoms with Gasteiger partial charge in [0.15, 0.2) is 0 Å². The number of hydrogen-bond donors (Lipinski definition) is 1. The van der Waals surface area contributed by atoms with E-state index in [1.807, 2.05) is 0 Å². The fourth-order valence-corrected chi connectivity index (χ4v) is 1.54. The molecule has 0 aromatic carbocycles. The van der Waals surface area contributed by atoms with E-state index >= 15 is 0 Å². The van der Waals surface area contributed by atoms with Crippen molar-refractivity contribution in [2.75, 3.05) is 6.54 Å². The number of rotatable bonds is 3. The van der Waals surface area contributed by atoms with Crippen molar-refractivity contribution in [2.45, 2.75) is 27.2 Å². The van der Waals surface area contributed by atoms with Crippen molar-refractivity contribution in [1.82, 2.24) is 5.32 Å². The third-order valence-electron chi connectivity index (χ3n) is 2.17. The van der Waals surface area contributed by atoms with Gasteiger partial charge in [0.2, 0.25) is 0 Å². The Morgan fingerprint density at radius 1 is 1.46 bits per heavy atom. The van der Waals surface area contributed by atoms with Gasteiger partial charge in [-0.15, -0.1) is 0 Å². The third-order valence-corrected chi connectivity index (χ3v) is 2.17. The average Bonchev–Trinajstić information content (AvgIpc) is 2.30. The second kappa shape index (κ2) is 4.90. The maximum Gasteiger partial charge on any atom is 0.0372 e. The standard InChI is InChI=1S/C12H19N/c1-4-13-12-9-7-5-6-8-11(12)10(2)3/h5,7-10,13H,4,6H2,1-3H3. The predicted octanol–water partition coefficient (Wildman–Crippen LogP) is 3.02. The second-order valence-electron chi connectivity index (χ2n) is 3.59. The molecular weight excluding hydrogens is 158 g/mol. The van der Waals surface area contributed by atoms with E-state index in [0.717, 1.165) is 13.0 Å². The topological polar surface area (TPSA) is 12.0 Å². The minimum atomic E-state index is 0.602. The van der Waals surface area contributed by atoms with E-state index in [2.05, 4.69) is 50.4 Å². The molecule has 1 N–H and O–H groups in total. The van der Waals surface area contributed by atoms with Crippen molar-refractivity contribution in [3.05, 3.63) is 35.6 Å². The highest BCUT2D eigenvalue weighted by Crippen LogP contribution is 2.20. The molecule has 72 valence electrons. The SMILES string of the molecule is CCNC1=CC=CCC=C1C(C)C. The van der Waals surface area contributed by atoms with E-state index < -0.39 is 0 Å². The lowest BCUT2D eigenvalue weighted by atomic mass is 9.99. The van der Waals surface area contributed by atoms with Gasteiger partial charge in [0, 0.05) is 12.2 Å². The van der Waals surface area contributed by atoms with Crippen LogP contribution in [0, 0.1) is 5.92 Å². The molecule has 0 aliphatic heterocycles. The summed E-state index contributed by atoms with van der Waals surface area (Å²) in [5.74, 6) is 0.602. The van der Waals surface area contributed by atoms with E-state index in [1.54, 1.807) is 0 Å². The Morgan fingerprint density at radius 2 is 2.23 bits per heavy atom. The second-order valence-corrected chi connectivity index (χ2v) is 3.59. The summed E-state index contributed by atoms with van der Waals surface area (Å²) in [4.78, 5) is 0. The van der Waals surface area contributed by atoms with Crippen LogP contribution in [0.3, 0.4) is 0 Å². The molecule has 0 heterocycles. The molecule has 1 rings (SSSR count). The molecule has 0 aromatic heterocycles. The van der Waals surface area contributed by atoms with E-state index in [-0.39, 0.29) is 0 Å². The van der Waals surface area contributed by atoms with Gasteiger partial charge in [-0.05, 0) is 30.9 Å². The van der Waals surface area contributed by atoms with Crippen molar-refractivity contribution in [3.63, 3.8) is 0 Å². The largest absolute Gasteiger partial charge is 0.385 e. The van der Waals surface area contributed by atoms with Gasteiger partial charge in [-0.25, -0.2) is 0 Å². The molecule has 0 saturated carbocycles. The summed E-state index contributed by atoms with van der Waals surface area (Å²) < 4.78 is 0. The lowest BCUT2D eigenvalue weighted by Crippen LogP contribution is -2.16. The first kappa shape index (κ1) is 10.1. The normalized spacial score (nSPS) is 16.6. The van der Waals surface area contributed by atoms with Gasteiger partial charge in [0.05, 0.1) is 0 Å². The first-order chi connectivity index (χ1) is 6.25. The summed E-state index contributed by atoms with van der Waals surface area (Å²) in [5, 5.41) is 3.40. The van der Waals surface area contributed by atoms with Gasteiger partial charge in [0.25, 0.3) is 0 Å². The lowest BCUT2D eigenvalue weighted by Gasteiger charge is -2.15. The number of allylic oxidation sites excluding steroid dienone is 5. The third kappa shape index (κ3) is 2.76. The molecule has 0 saturated heterocycles. The van der Waals surface area contributed by atoms with Crippen LogP contribution < -0.4 is 5.32 Å². The van der Waals surface area contributed by atoms with Gasteiger partial charge in [0.1, 0.15) is 0 Å². The highest BCUT2D eigenvalue weighted by atomic mass is 14.9. The minimum Gasteiger partial charge on any atom is -0.385 e. The molecule has 1 nitrogen and oxygen atoms in total. The zero-order valence-electron chi connectivity index (χ0n) is 8.80. The van der Waals surface area contributed by atoms with Crippen molar-refractivity contribution in [1.29, 1.82) is 0 Å². The zero-order chi connectivity index (χ0) is 9.68. The number of hydrogen-bond acceptors (Lipinski definition) is 1. The quantitative estimate of drug-likeness (QED) is 0.698. The van der Waals surface area contributed by atoms with E-state index in [1.165, 1.54) is 11.3 Å². The van der Waals surface area contributed by atoms with Crippen LogP contribution in [0.15, 0.2) is 35.6 Å². The summed E-state index contributed by atoms with van der Waals surface area (Å²) in [5.41, 5.74) is 2.72. The molecule has 0 aromatic rings. The maximum atomic E-state index is 3.40. The highest BCUT2D eigenvalue weighted by molar-refractivity contribution is 5.36. The van der Waals surface area contributed by atoms with Crippen molar-refractivity contribution in [2.24, 2.45) is 5.92 Å². The molecule has 1 aliphatic carbocycles. The molecule has 13 heavy (non-hydrogen) atoms. The first-order valence-corrected chi connectivity index (χ1v) is 5.06. The van der Waals surface area contributed by atoms with Gasteiger partial charge in [-0.1, -0.05) is 32.1 Å². The Hall–Kier alpha value is -0.980. The minimum absolute atomic E-state index is 0.602. The van der Waals surface area contributed by atoms with Crippen LogP contribution in [0.5, 0.6) is 0 Å². The van der Waals surface area contributed by atoms with Gasteiger partial charge in [-0.3, -0.25) is 0 Å². The van der Waals surface area contributed by atoms with Gasteiger partial charge < -0.3 is 5.32 Å². The molecule has 0 spiro atoms. The first-order valence-electron chi connectivity index (χ1n) is 5.06. The summed E-state index contributed by atoms with van der Waals surface area (Å²) >= 11 is 0. The molecule has 0 atom stereocenters. The molecular formula is C12H19N. The summed E-state index contributed by atoms with van der Waals surface area (Å²) in [7, 11) is 0. The van der Waals surface area contributed by atoms with Crippen LogP contribution >= 0.6 is 0 Å². The Morgan fingerprint density at radius 3 is 2.85 bits per heavy atom. The highest BCUT2D eigenvalue weighted by Gasteiger charge is 2.08. The fourth-order valence-electron chi connectivity index (χ4n) is 1.54. The molecule has 0 radical (unpaired) electrons. The molecule has 0 bridgehead atoms. The summed E-state index contributed by atoms with van der Waals surface area (Å²) in [6.45, 7) is 7.60.